The molecule has 0 saturated heterocycles. The van der Waals surface area contributed by atoms with Gasteiger partial charge in [0.2, 0.25) is 0 Å². The molecule has 0 bridgehead atoms. The van der Waals surface area contributed by atoms with Crippen molar-refractivity contribution in [2.75, 3.05) is 7.11 Å². The summed E-state index contributed by atoms with van der Waals surface area (Å²) < 4.78 is 10.8. The zero-order chi connectivity index (χ0) is 18.8. The number of esters is 1. The van der Waals surface area contributed by atoms with Gasteiger partial charge in [0.25, 0.3) is 5.56 Å². The molecule has 0 saturated carbocycles. The molecule has 1 heterocycles. The predicted molar refractivity (Wildman–Crippen MR) is 102 cm³/mol. The molecule has 2 aromatic carbocycles. The van der Waals surface area contributed by atoms with Gasteiger partial charge in [-0.05, 0) is 38.1 Å². The van der Waals surface area contributed by atoms with Gasteiger partial charge in [-0.2, -0.15) is 0 Å². The minimum absolute atomic E-state index is 0.171. The van der Waals surface area contributed by atoms with Gasteiger partial charge in [-0.25, -0.2) is 4.79 Å². The molecule has 26 heavy (non-hydrogen) atoms. The summed E-state index contributed by atoms with van der Waals surface area (Å²) in [6.07, 6.45) is -0.332. The standard InChI is InChI=1S/C20H18ClNO4/c1-11(2)26-20(24)18-14-10-12(21)8-9-15(14)22-19(23)17(18)13-6-4-5-7-16(13)25-3/h4-11H,1-3H3,(H,22,23). The molecule has 0 amide bonds. The monoisotopic (exact) mass is 371 g/mol. The second-order valence-electron chi connectivity index (χ2n) is 6.05. The van der Waals surface area contributed by atoms with E-state index in [4.69, 9.17) is 21.1 Å². The third-order valence-corrected chi connectivity index (χ3v) is 4.13. The maximum atomic E-state index is 12.9. The smallest absolute Gasteiger partial charge is 0.339 e. The van der Waals surface area contributed by atoms with Crippen LogP contribution in [0, 0.1) is 0 Å². The van der Waals surface area contributed by atoms with Crippen molar-refractivity contribution in [1.82, 2.24) is 4.98 Å². The van der Waals surface area contributed by atoms with Crippen LogP contribution in [0.2, 0.25) is 5.02 Å². The number of hydrogen-bond acceptors (Lipinski definition) is 4. The first kappa shape index (κ1) is 18.0. The number of carbonyl (C=O) groups is 1. The van der Waals surface area contributed by atoms with Crippen LogP contribution >= 0.6 is 11.6 Å². The number of carbonyl (C=O) groups excluding carboxylic acids is 1. The van der Waals surface area contributed by atoms with Gasteiger partial charge in [0.1, 0.15) is 5.75 Å². The summed E-state index contributed by atoms with van der Waals surface area (Å²) in [6.45, 7) is 3.51. The molecule has 3 rings (SSSR count). The Kier molecular flexibility index (Phi) is 5.00. The molecule has 5 nitrogen and oxygen atoms in total. The van der Waals surface area contributed by atoms with Crippen LogP contribution in [0.1, 0.15) is 24.2 Å². The Morgan fingerprint density at radius 1 is 1.15 bits per heavy atom. The van der Waals surface area contributed by atoms with Crippen molar-refractivity contribution in [2.24, 2.45) is 0 Å². The molecular weight excluding hydrogens is 354 g/mol. The summed E-state index contributed by atoms with van der Waals surface area (Å²) in [4.78, 5) is 28.5. The van der Waals surface area contributed by atoms with Crippen molar-refractivity contribution in [3.63, 3.8) is 0 Å². The molecule has 3 aromatic rings. The zero-order valence-electron chi connectivity index (χ0n) is 14.6. The number of hydrogen-bond donors (Lipinski definition) is 1. The molecule has 1 N–H and O–H groups in total. The molecule has 0 unspecified atom stereocenters. The maximum Gasteiger partial charge on any atom is 0.339 e. The van der Waals surface area contributed by atoms with Crippen molar-refractivity contribution in [2.45, 2.75) is 20.0 Å². The summed E-state index contributed by atoms with van der Waals surface area (Å²) in [5.41, 5.74) is 0.981. The second kappa shape index (κ2) is 7.22. The number of aromatic nitrogens is 1. The predicted octanol–water partition coefficient (Wildman–Crippen LogP) is 4.42. The molecule has 0 spiro atoms. The summed E-state index contributed by atoms with van der Waals surface area (Å²) in [6, 6.07) is 12.0. The Labute approximate surface area is 155 Å². The molecule has 0 radical (unpaired) electrons. The SMILES string of the molecule is COc1ccccc1-c1c(C(=O)OC(C)C)c2cc(Cl)ccc2[nH]c1=O. The Morgan fingerprint density at radius 2 is 1.88 bits per heavy atom. The number of ether oxygens (including phenoxy) is 2. The number of fused-ring (bicyclic) bond motifs is 1. The fourth-order valence-electron chi connectivity index (χ4n) is 2.86. The Morgan fingerprint density at radius 3 is 2.58 bits per heavy atom. The number of rotatable bonds is 4. The molecular formula is C20H18ClNO4. The van der Waals surface area contributed by atoms with E-state index in [1.807, 2.05) is 0 Å². The molecule has 1 aromatic heterocycles. The van der Waals surface area contributed by atoms with E-state index in [2.05, 4.69) is 4.98 Å². The first-order valence-corrected chi connectivity index (χ1v) is 8.50. The van der Waals surface area contributed by atoms with Crippen LogP contribution in [0.3, 0.4) is 0 Å². The normalized spacial score (nSPS) is 11.0. The van der Waals surface area contributed by atoms with Crippen molar-refractivity contribution in [1.29, 1.82) is 0 Å². The highest BCUT2D eigenvalue weighted by Gasteiger charge is 2.24. The molecule has 0 fully saturated rings. The fourth-order valence-corrected chi connectivity index (χ4v) is 3.03. The number of methoxy groups -OCH3 is 1. The van der Waals surface area contributed by atoms with Crippen LogP contribution in [0.15, 0.2) is 47.3 Å². The summed E-state index contributed by atoms with van der Waals surface area (Å²) in [5, 5.41) is 0.970. The van der Waals surface area contributed by atoms with Gasteiger partial charge in [0, 0.05) is 21.5 Å². The fraction of sp³-hybridized carbons (Fsp3) is 0.200. The molecule has 6 heteroatoms. The van der Waals surface area contributed by atoms with E-state index in [0.717, 1.165) is 0 Å². The number of para-hydroxylation sites is 1. The topological polar surface area (TPSA) is 68.4 Å². The van der Waals surface area contributed by atoms with E-state index in [0.29, 0.717) is 27.2 Å². The van der Waals surface area contributed by atoms with Crippen LogP contribution < -0.4 is 10.3 Å². The van der Waals surface area contributed by atoms with Gasteiger partial charge in [0.15, 0.2) is 0 Å². The lowest BCUT2D eigenvalue weighted by Gasteiger charge is -2.16. The van der Waals surface area contributed by atoms with Gasteiger partial charge in [-0.15, -0.1) is 0 Å². The van der Waals surface area contributed by atoms with E-state index in [9.17, 15) is 9.59 Å². The first-order valence-electron chi connectivity index (χ1n) is 8.12. The van der Waals surface area contributed by atoms with E-state index >= 15 is 0 Å². The van der Waals surface area contributed by atoms with E-state index in [1.165, 1.54) is 7.11 Å². The van der Waals surface area contributed by atoms with E-state index in [1.54, 1.807) is 56.3 Å². The molecule has 0 atom stereocenters. The van der Waals surface area contributed by atoms with E-state index in [-0.39, 0.29) is 17.2 Å². The Hall–Kier alpha value is -2.79. The van der Waals surface area contributed by atoms with Gasteiger partial charge in [-0.1, -0.05) is 29.8 Å². The van der Waals surface area contributed by atoms with Gasteiger partial charge >= 0.3 is 5.97 Å². The summed E-state index contributed by atoms with van der Waals surface area (Å²) in [5.74, 6) is -0.0998. The van der Waals surface area contributed by atoms with Crippen LogP contribution in [-0.2, 0) is 4.74 Å². The highest BCUT2D eigenvalue weighted by molar-refractivity contribution is 6.31. The van der Waals surface area contributed by atoms with Crippen molar-refractivity contribution < 1.29 is 14.3 Å². The molecule has 0 aliphatic carbocycles. The van der Waals surface area contributed by atoms with Crippen LogP contribution in [0.5, 0.6) is 5.75 Å². The highest BCUT2D eigenvalue weighted by Crippen LogP contribution is 2.34. The molecule has 0 aliphatic heterocycles. The van der Waals surface area contributed by atoms with Gasteiger partial charge in [0.05, 0.1) is 24.3 Å². The van der Waals surface area contributed by atoms with Crippen LogP contribution in [-0.4, -0.2) is 24.2 Å². The Balaban J connectivity index is 2.43. The zero-order valence-corrected chi connectivity index (χ0v) is 15.4. The minimum atomic E-state index is -0.584. The third-order valence-electron chi connectivity index (χ3n) is 3.90. The van der Waals surface area contributed by atoms with Gasteiger partial charge < -0.3 is 14.5 Å². The van der Waals surface area contributed by atoms with E-state index < -0.39 is 11.5 Å². The highest BCUT2D eigenvalue weighted by atomic mass is 35.5. The Bertz CT molecular complexity index is 1040. The minimum Gasteiger partial charge on any atom is -0.496 e. The van der Waals surface area contributed by atoms with Crippen LogP contribution in [0.25, 0.3) is 22.0 Å². The number of pyridine rings is 1. The van der Waals surface area contributed by atoms with Gasteiger partial charge in [-0.3, -0.25) is 4.79 Å². The quantitative estimate of drug-likeness (QED) is 0.689. The maximum absolute atomic E-state index is 12.9. The largest absolute Gasteiger partial charge is 0.496 e. The third kappa shape index (κ3) is 3.30. The summed E-state index contributed by atoms with van der Waals surface area (Å²) in [7, 11) is 1.51. The number of aromatic amines is 1. The second-order valence-corrected chi connectivity index (χ2v) is 6.48. The summed E-state index contributed by atoms with van der Waals surface area (Å²) >= 11 is 6.13. The lowest BCUT2D eigenvalue weighted by Crippen LogP contribution is -2.20. The first-order chi connectivity index (χ1) is 12.4. The van der Waals surface area contributed by atoms with Crippen molar-refractivity contribution in [3.8, 4) is 16.9 Å². The number of nitrogens with one attached hydrogen (secondary N) is 1. The molecule has 134 valence electrons. The average molecular weight is 372 g/mol. The van der Waals surface area contributed by atoms with Crippen molar-refractivity contribution in [3.05, 3.63) is 63.4 Å². The average Bonchev–Trinajstić information content (AvgIpc) is 2.60. The lowest BCUT2D eigenvalue weighted by atomic mass is 9.96. The lowest BCUT2D eigenvalue weighted by molar-refractivity contribution is 0.0381. The van der Waals surface area contributed by atoms with Crippen LogP contribution in [0.4, 0.5) is 0 Å². The van der Waals surface area contributed by atoms with Crippen molar-refractivity contribution >= 4 is 28.5 Å². The number of halogens is 1. The number of benzene rings is 2. The number of H-pyrrole nitrogens is 1. The molecule has 0 aliphatic rings.